The molecule has 1 N–H and O–H groups in total. The highest BCUT2D eigenvalue weighted by atomic mass is 32.1. The lowest BCUT2D eigenvalue weighted by atomic mass is 9.88. The van der Waals surface area contributed by atoms with Gasteiger partial charge in [0.05, 0.1) is 34.8 Å². The molecule has 6 rings (SSSR count). The van der Waals surface area contributed by atoms with Gasteiger partial charge in [-0.15, -0.1) is 0 Å². The van der Waals surface area contributed by atoms with Crippen LogP contribution < -0.4 is 5.43 Å². The Morgan fingerprint density at radius 2 is 1.95 bits per heavy atom. The third-order valence-corrected chi connectivity index (χ3v) is 7.80. The molecule has 9 heteroatoms. The molecule has 0 unspecified atom stereocenters. The van der Waals surface area contributed by atoms with Gasteiger partial charge in [-0.1, -0.05) is 41.7 Å². The van der Waals surface area contributed by atoms with E-state index in [1.165, 1.54) is 5.56 Å². The molecular formula is C29H29N5O3S. The summed E-state index contributed by atoms with van der Waals surface area (Å²) in [7, 11) is 0. The van der Waals surface area contributed by atoms with E-state index in [2.05, 4.69) is 44.6 Å². The van der Waals surface area contributed by atoms with Crippen LogP contribution in [0.4, 0.5) is 5.13 Å². The maximum atomic E-state index is 12.7. The fourth-order valence-electron chi connectivity index (χ4n) is 4.83. The predicted molar refractivity (Wildman–Crippen MR) is 150 cm³/mol. The maximum absolute atomic E-state index is 12.7. The number of nitrogens with one attached hydrogen (secondary N) is 1. The number of benzene rings is 2. The van der Waals surface area contributed by atoms with Gasteiger partial charge in [-0.05, 0) is 55.2 Å². The summed E-state index contributed by atoms with van der Waals surface area (Å²) in [6.07, 6.45) is 2.95. The van der Waals surface area contributed by atoms with Crippen LogP contribution in [-0.2, 0) is 15.9 Å². The number of rotatable bonds is 7. The number of aromatic nitrogens is 2. The number of pyridine rings is 1. The standard InChI is InChI=1S/C29H29N5O3S/c35-28(37-18-15-34-13-16-36-17-14-34)26-9-4-7-23(30-26)21-12-11-20-5-3-8-24(22(20)19-21)32-33-29-31-25-6-1-2-10-27(25)38-29/h1-2,4,6-7,9-12,19H,3,5,8,13-18H2,(H,31,33). The van der Waals surface area contributed by atoms with E-state index < -0.39 is 5.97 Å². The number of esters is 1. The Labute approximate surface area is 225 Å². The van der Waals surface area contributed by atoms with Crippen molar-refractivity contribution in [3.05, 3.63) is 77.5 Å². The Kier molecular flexibility index (Phi) is 7.39. The number of hydrazone groups is 1. The first-order valence-corrected chi connectivity index (χ1v) is 13.8. The van der Waals surface area contributed by atoms with Crippen LogP contribution in [0.1, 0.15) is 34.5 Å². The fraction of sp³-hybridized carbons (Fsp3) is 0.310. The predicted octanol–water partition coefficient (Wildman–Crippen LogP) is 5.00. The maximum Gasteiger partial charge on any atom is 0.356 e. The van der Waals surface area contributed by atoms with Gasteiger partial charge in [0.1, 0.15) is 12.3 Å². The van der Waals surface area contributed by atoms with E-state index in [-0.39, 0.29) is 0 Å². The molecule has 0 bridgehead atoms. The number of hydrogen-bond acceptors (Lipinski definition) is 9. The molecule has 0 spiro atoms. The molecule has 1 aliphatic heterocycles. The van der Waals surface area contributed by atoms with Crippen LogP contribution in [0.3, 0.4) is 0 Å². The van der Waals surface area contributed by atoms with Crippen LogP contribution in [-0.4, -0.2) is 66.0 Å². The average Bonchev–Trinajstić information content (AvgIpc) is 3.39. The van der Waals surface area contributed by atoms with Gasteiger partial charge in [0, 0.05) is 30.8 Å². The van der Waals surface area contributed by atoms with E-state index in [0.717, 1.165) is 83.4 Å². The number of hydrogen-bond donors (Lipinski definition) is 1. The van der Waals surface area contributed by atoms with E-state index >= 15 is 0 Å². The Morgan fingerprint density at radius 3 is 2.84 bits per heavy atom. The summed E-state index contributed by atoms with van der Waals surface area (Å²) < 4.78 is 12.0. The van der Waals surface area contributed by atoms with Crippen molar-refractivity contribution in [2.24, 2.45) is 5.10 Å². The number of morpholine rings is 1. The molecule has 0 atom stereocenters. The van der Waals surface area contributed by atoms with Crippen LogP contribution in [0.25, 0.3) is 21.5 Å². The quantitative estimate of drug-likeness (QED) is 0.267. The smallest absolute Gasteiger partial charge is 0.356 e. The third-order valence-electron chi connectivity index (χ3n) is 6.86. The topological polar surface area (TPSA) is 88.9 Å². The van der Waals surface area contributed by atoms with Gasteiger partial charge in [0.2, 0.25) is 5.13 Å². The molecular weight excluding hydrogens is 498 g/mol. The molecule has 38 heavy (non-hydrogen) atoms. The van der Waals surface area contributed by atoms with Crippen LogP contribution in [0.2, 0.25) is 0 Å². The summed E-state index contributed by atoms with van der Waals surface area (Å²) in [5.74, 6) is -0.402. The molecule has 4 aromatic rings. The number of carbonyl (C=O) groups excluding carboxylic acids is 1. The van der Waals surface area contributed by atoms with Crippen molar-refractivity contribution in [1.29, 1.82) is 0 Å². The molecule has 2 aliphatic rings. The molecule has 0 radical (unpaired) electrons. The van der Waals surface area contributed by atoms with Crippen molar-refractivity contribution in [1.82, 2.24) is 14.9 Å². The van der Waals surface area contributed by atoms with Crippen molar-refractivity contribution in [2.45, 2.75) is 19.3 Å². The molecule has 194 valence electrons. The van der Waals surface area contributed by atoms with Gasteiger partial charge in [-0.3, -0.25) is 10.3 Å². The van der Waals surface area contributed by atoms with Gasteiger partial charge in [-0.2, -0.15) is 5.10 Å². The number of aryl methyl sites for hydroxylation is 1. The average molecular weight is 528 g/mol. The molecule has 1 saturated heterocycles. The molecule has 8 nitrogen and oxygen atoms in total. The highest BCUT2D eigenvalue weighted by Crippen LogP contribution is 2.29. The highest BCUT2D eigenvalue weighted by Gasteiger charge is 2.18. The second-order valence-corrected chi connectivity index (χ2v) is 10.4. The van der Waals surface area contributed by atoms with Crippen molar-refractivity contribution in [3.8, 4) is 11.3 Å². The molecule has 1 fully saturated rings. The highest BCUT2D eigenvalue weighted by molar-refractivity contribution is 7.22. The second-order valence-electron chi connectivity index (χ2n) is 9.38. The van der Waals surface area contributed by atoms with Crippen LogP contribution in [0, 0.1) is 0 Å². The molecule has 2 aromatic heterocycles. The minimum absolute atomic E-state index is 0.314. The number of anilines is 1. The first-order valence-electron chi connectivity index (χ1n) is 13.0. The Balaban J connectivity index is 1.17. The monoisotopic (exact) mass is 527 g/mol. The lowest BCUT2D eigenvalue weighted by molar-refractivity contribution is 0.0193. The van der Waals surface area contributed by atoms with Crippen LogP contribution >= 0.6 is 11.3 Å². The second kappa shape index (κ2) is 11.4. The van der Waals surface area contributed by atoms with E-state index in [1.807, 2.05) is 30.3 Å². The van der Waals surface area contributed by atoms with Gasteiger partial charge in [0.25, 0.3) is 0 Å². The number of para-hydroxylation sites is 1. The van der Waals surface area contributed by atoms with Crippen molar-refractivity contribution in [3.63, 3.8) is 0 Å². The zero-order valence-electron chi connectivity index (χ0n) is 21.1. The summed E-state index contributed by atoms with van der Waals surface area (Å²) in [5.41, 5.74) is 9.53. The fourth-order valence-corrected chi connectivity index (χ4v) is 5.64. The molecule has 0 amide bonds. The van der Waals surface area contributed by atoms with E-state index in [9.17, 15) is 4.79 Å². The van der Waals surface area contributed by atoms with E-state index in [1.54, 1.807) is 17.4 Å². The van der Waals surface area contributed by atoms with Gasteiger partial charge in [-0.25, -0.2) is 14.8 Å². The zero-order valence-corrected chi connectivity index (χ0v) is 21.9. The summed E-state index contributed by atoms with van der Waals surface area (Å²) >= 11 is 1.59. The number of fused-ring (bicyclic) bond motifs is 2. The van der Waals surface area contributed by atoms with Crippen LogP contribution in [0.15, 0.2) is 65.8 Å². The van der Waals surface area contributed by atoms with Gasteiger partial charge >= 0.3 is 5.97 Å². The Morgan fingerprint density at radius 1 is 1.05 bits per heavy atom. The summed E-state index contributed by atoms with van der Waals surface area (Å²) in [5, 5.41) is 5.53. The van der Waals surface area contributed by atoms with Crippen LogP contribution in [0.5, 0.6) is 0 Å². The lowest BCUT2D eigenvalue weighted by Crippen LogP contribution is -2.38. The number of carbonyl (C=O) groups is 1. The van der Waals surface area contributed by atoms with Crippen molar-refractivity contribution in [2.75, 3.05) is 44.9 Å². The minimum Gasteiger partial charge on any atom is -0.460 e. The minimum atomic E-state index is -0.402. The first kappa shape index (κ1) is 24.7. The van der Waals surface area contributed by atoms with Crippen molar-refractivity contribution < 1.29 is 14.3 Å². The zero-order chi connectivity index (χ0) is 25.7. The number of nitrogens with zero attached hydrogens (tertiary/aromatic N) is 4. The summed E-state index contributed by atoms with van der Waals surface area (Å²) in [6.45, 7) is 4.22. The Bertz CT molecular complexity index is 1450. The van der Waals surface area contributed by atoms with E-state index in [4.69, 9.17) is 14.6 Å². The van der Waals surface area contributed by atoms with Crippen molar-refractivity contribution >= 4 is 38.4 Å². The Hall–Kier alpha value is -3.66. The summed E-state index contributed by atoms with van der Waals surface area (Å²) in [4.78, 5) is 24.2. The molecule has 1 aliphatic carbocycles. The number of ether oxygens (including phenoxy) is 2. The third kappa shape index (κ3) is 5.60. The number of thiazole rings is 1. The molecule has 3 heterocycles. The molecule has 0 saturated carbocycles. The SMILES string of the molecule is O=C(OCCN1CCOCC1)c1cccc(-c2ccc3c(c2)C(=NNc2nc4ccccc4s2)CCC3)n1. The summed E-state index contributed by atoms with van der Waals surface area (Å²) in [6, 6.07) is 19.9. The first-order chi connectivity index (χ1) is 18.7. The van der Waals surface area contributed by atoms with Gasteiger partial charge in [0.15, 0.2) is 0 Å². The largest absolute Gasteiger partial charge is 0.460 e. The van der Waals surface area contributed by atoms with Gasteiger partial charge < -0.3 is 9.47 Å². The molecule has 2 aromatic carbocycles. The lowest BCUT2D eigenvalue weighted by Gasteiger charge is -2.26. The van der Waals surface area contributed by atoms with E-state index in [0.29, 0.717) is 18.8 Å². The normalized spacial score (nSPS) is 16.9.